The lowest BCUT2D eigenvalue weighted by Crippen LogP contribution is -2.17. The number of benzene rings is 1. The quantitative estimate of drug-likeness (QED) is 0.343. The molecule has 0 saturated heterocycles. The normalized spacial score (nSPS) is 21.8. The van der Waals surface area contributed by atoms with Gasteiger partial charge in [-0.05, 0) is 55.7 Å². The number of aliphatic carboxylic acids is 1. The van der Waals surface area contributed by atoms with Gasteiger partial charge in [0.05, 0.1) is 6.10 Å². The van der Waals surface area contributed by atoms with Gasteiger partial charge in [0.1, 0.15) is 11.5 Å². The zero-order valence-corrected chi connectivity index (χ0v) is 17.8. The average Bonchev–Trinajstić information content (AvgIpc) is 2.96. The summed E-state index contributed by atoms with van der Waals surface area (Å²) in [5.41, 5.74) is 2.15. The molecule has 30 heavy (non-hydrogen) atoms. The number of rotatable bonds is 12. The van der Waals surface area contributed by atoms with Gasteiger partial charge in [0.2, 0.25) is 0 Å². The number of aromatic hydroxyl groups is 1. The fraction of sp³-hybridized carbons (Fsp3) is 0.520. The molecule has 1 aliphatic carbocycles. The highest BCUT2D eigenvalue weighted by molar-refractivity contribution is 5.84. The van der Waals surface area contributed by atoms with Gasteiger partial charge < -0.3 is 15.3 Å². The Balaban J connectivity index is 1.86. The molecule has 0 radical (unpaired) electrons. The number of hydrogen-bond donors (Lipinski definition) is 3. The van der Waals surface area contributed by atoms with Crippen molar-refractivity contribution >= 4 is 11.8 Å². The number of carboxylic acids is 1. The van der Waals surface area contributed by atoms with Crippen LogP contribution < -0.4 is 0 Å². The zero-order valence-electron chi connectivity index (χ0n) is 17.8. The number of carbonyl (C=O) groups excluding carboxylic acids is 1. The van der Waals surface area contributed by atoms with Crippen LogP contribution in [0.25, 0.3) is 0 Å². The Morgan fingerprint density at radius 3 is 2.70 bits per heavy atom. The van der Waals surface area contributed by atoms with Crippen molar-refractivity contribution in [1.82, 2.24) is 0 Å². The third-order valence-corrected chi connectivity index (χ3v) is 5.67. The van der Waals surface area contributed by atoms with Gasteiger partial charge >= 0.3 is 5.97 Å². The largest absolute Gasteiger partial charge is 0.508 e. The summed E-state index contributed by atoms with van der Waals surface area (Å²) in [5.74, 6) is -0.734. The van der Waals surface area contributed by atoms with Crippen LogP contribution in [0.15, 0.2) is 42.5 Å². The number of aliphatic hydroxyl groups excluding tert-OH is 1. The second kappa shape index (κ2) is 12.3. The molecule has 0 amide bonds. The number of unbranched alkanes of at least 4 members (excludes halogenated alkanes) is 1. The Bertz CT molecular complexity index is 765. The Labute approximate surface area is 179 Å². The van der Waals surface area contributed by atoms with Crippen LogP contribution in [-0.2, 0) is 22.4 Å². The molecule has 5 heteroatoms. The molecular weight excluding hydrogens is 380 g/mol. The topological polar surface area (TPSA) is 94.8 Å². The third-order valence-electron chi connectivity index (χ3n) is 5.67. The molecule has 0 spiro atoms. The number of phenolic OH excluding ortho intramolecular Hbond substituents is 1. The minimum absolute atomic E-state index is 0.0927. The fourth-order valence-corrected chi connectivity index (χ4v) is 4.03. The zero-order chi connectivity index (χ0) is 21.9. The maximum atomic E-state index is 12.3. The van der Waals surface area contributed by atoms with Crippen molar-refractivity contribution in [2.45, 2.75) is 70.8 Å². The molecule has 3 N–H and O–H groups in total. The van der Waals surface area contributed by atoms with Gasteiger partial charge in [-0.15, -0.1) is 0 Å². The van der Waals surface area contributed by atoms with Crippen molar-refractivity contribution in [3.05, 3.63) is 53.6 Å². The lowest BCUT2D eigenvalue weighted by atomic mass is 9.90. The predicted octanol–water partition coefficient (Wildman–Crippen LogP) is 4.60. The summed E-state index contributed by atoms with van der Waals surface area (Å²) >= 11 is 0. The number of allylic oxidation sites excluding steroid dienone is 3. The number of ketones is 1. The van der Waals surface area contributed by atoms with E-state index < -0.39 is 12.1 Å². The molecule has 164 valence electrons. The highest BCUT2D eigenvalue weighted by atomic mass is 16.4. The molecule has 1 aliphatic rings. The van der Waals surface area contributed by atoms with E-state index in [1.165, 1.54) is 5.56 Å². The molecule has 0 bridgehead atoms. The Kier molecular flexibility index (Phi) is 9.81. The Hall–Kier alpha value is -2.40. The van der Waals surface area contributed by atoms with E-state index in [0.717, 1.165) is 31.2 Å². The van der Waals surface area contributed by atoms with Crippen molar-refractivity contribution in [1.29, 1.82) is 0 Å². The van der Waals surface area contributed by atoms with Crippen LogP contribution in [0.1, 0.15) is 63.0 Å². The molecule has 0 heterocycles. The van der Waals surface area contributed by atoms with E-state index in [2.05, 4.69) is 13.0 Å². The molecular formula is C25H34O5. The number of carboxylic acid groups (broad SMARTS) is 1. The average molecular weight is 415 g/mol. The summed E-state index contributed by atoms with van der Waals surface area (Å²) in [7, 11) is 0. The smallest absolute Gasteiger partial charge is 0.303 e. The molecule has 2 rings (SSSR count). The molecule has 3 atom stereocenters. The minimum Gasteiger partial charge on any atom is -0.508 e. The first-order valence-electron chi connectivity index (χ1n) is 11.0. The standard InChI is InChI=1S/C25H34O5/c1-2-9-19-16-18(14-15-22(19)26)10-7-8-12-21-20(23(27)17-24(21)28)11-5-3-4-6-13-25(29)30/h3,5,8,12,14-16,20-21,24,26,28H,2,4,6-7,9-11,13,17H2,1H3,(H,29,30)/b5-3-,12-8+/t20-,21-,24-/m1/s1. The van der Waals surface area contributed by atoms with Gasteiger partial charge in [0.15, 0.2) is 0 Å². The third kappa shape index (κ3) is 7.45. The van der Waals surface area contributed by atoms with E-state index >= 15 is 0 Å². The fourth-order valence-electron chi connectivity index (χ4n) is 4.03. The van der Waals surface area contributed by atoms with Crippen molar-refractivity contribution < 1.29 is 24.9 Å². The van der Waals surface area contributed by atoms with Crippen LogP contribution >= 0.6 is 0 Å². The minimum atomic E-state index is -0.795. The molecule has 0 aliphatic heterocycles. The SMILES string of the molecule is CCCc1cc(CC/C=C/[C@H]2[C@H](O)CC(=O)[C@@H]2C/C=C\CCCC(=O)O)ccc1O. The monoisotopic (exact) mass is 414 g/mol. The van der Waals surface area contributed by atoms with Gasteiger partial charge in [-0.2, -0.15) is 0 Å². The van der Waals surface area contributed by atoms with Crippen molar-refractivity contribution in [2.75, 3.05) is 0 Å². The van der Waals surface area contributed by atoms with E-state index in [9.17, 15) is 19.8 Å². The Morgan fingerprint density at radius 2 is 1.97 bits per heavy atom. The maximum absolute atomic E-state index is 12.3. The molecule has 1 saturated carbocycles. The number of Topliss-reactive ketones (excluding diaryl/α,β-unsaturated/α-hetero) is 1. The highest BCUT2D eigenvalue weighted by Crippen LogP contribution is 2.33. The predicted molar refractivity (Wildman–Crippen MR) is 117 cm³/mol. The number of phenols is 1. The van der Waals surface area contributed by atoms with E-state index in [4.69, 9.17) is 5.11 Å². The number of aliphatic hydroxyl groups is 1. The van der Waals surface area contributed by atoms with Crippen molar-refractivity contribution in [3.63, 3.8) is 0 Å². The lowest BCUT2D eigenvalue weighted by Gasteiger charge is -2.16. The summed E-state index contributed by atoms with van der Waals surface area (Å²) in [6.45, 7) is 2.09. The van der Waals surface area contributed by atoms with Gasteiger partial charge in [0.25, 0.3) is 0 Å². The van der Waals surface area contributed by atoms with Gasteiger partial charge in [-0.3, -0.25) is 9.59 Å². The van der Waals surface area contributed by atoms with Crippen LogP contribution in [0.4, 0.5) is 0 Å². The first kappa shape index (κ1) is 23.9. The summed E-state index contributed by atoms with van der Waals surface area (Å²) in [5, 5.41) is 28.8. The molecule has 1 aromatic carbocycles. The summed E-state index contributed by atoms with van der Waals surface area (Å²) < 4.78 is 0. The second-order valence-corrected chi connectivity index (χ2v) is 8.09. The maximum Gasteiger partial charge on any atom is 0.303 e. The van der Waals surface area contributed by atoms with Crippen molar-refractivity contribution in [3.8, 4) is 5.75 Å². The number of aryl methyl sites for hydroxylation is 2. The molecule has 1 aromatic rings. The molecule has 0 aromatic heterocycles. The summed E-state index contributed by atoms with van der Waals surface area (Å²) in [4.78, 5) is 22.8. The number of hydrogen-bond acceptors (Lipinski definition) is 4. The van der Waals surface area contributed by atoms with Gasteiger partial charge in [-0.25, -0.2) is 0 Å². The van der Waals surface area contributed by atoms with E-state index in [0.29, 0.717) is 25.0 Å². The van der Waals surface area contributed by atoms with E-state index in [1.807, 2.05) is 30.4 Å². The van der Waals surface area contributed by atoms with Crippen LogP contribution in [0, 0.1) is 11.8 Å². The second-order valence-electron chi connectivity index (χ2n) is 8.09. The van der Waals surface area contributed by atoms with E-state index in [-0.39, 0.29) is 30.5 Å². The molecule has 5 nitrogen and oxygen atoms in total. The van der Waals surface area contributed by atoms with Crippen LogP contribution in [0.5, 0.6) is 5.75 Å². The van der Waals surface area contributed by atoms with Gasteiger partial charge in [0, 0.05) is 24.7 Å². The number of carbonyl (C=O) groups is 2. The highest BCUT2D eigenvalue weighted by Gasteiger charge is 2.38. The lowest BCUT2D eigenvalue weighted by molar-refractivity contribution is -0.137. The van der Waals surface area contributed by atoms with Gasteiger partial charge in [-0.1, -0.05) is 49.8 Å². The first-order valence-corrected chi connectivity index (χ1v) is 11.0. The van der Waals surface area contributed by atoms with Crippen LogP contribution in [0.3, 0.4) is 0 Å². The van der Waals surface area contributed by atoms with Crippen LogP contribution in [0.2, 0.25) is 0 Å². The van der Waals surface area contributed by atoms with Crippen LogP contribution in [-0.4, -0.2) is 33.2 Å². The summed E-state index contributed by atoms with van der Waals surface area (Å²) in [6, 6.07) is 5.75. The first-order chi connectivity index (χ1) is 14.4. The summed E-state index contributed by atoms with van der Waals surface area (Å²) in [6.07, 6.45) is 13.0. The molecule has 0 unspecified atom stereocenters. The molecule has 1 fully saturated rings. The van der Waals surface area contributed by atoms with Crippen molar-refractivity contribution in [2.24, 2.45) is 11.8 Å². The van der Waals surface area contributed by atoms with E-state index in [1.54, 1.807) is 6.07 Å². The Morgan fingerprint density at radius 1 is 1.17 bits per heavy atom.